The lowest BCUT2D eigenvalue weighted by Gasteiger charge is -2.31. The zero-order valence-corrected chi connectivity index (χ0v) is 10.5. The van der Waals surface area contributed by atoms with Gasteiger partial charge >= 0.3 is 11.9 Å². The topological polar surface area (TPSA) is 52.6 Å². The van der Waals surface area contributed by atoms with Crippen LogP contribution in [0.25, 0.3) is 0 Å². The lowest BCUT2D eigenvalue weighted by atomic mass is 9.71. The zero-order chi connectivity index (χ0) is 13.3. The van der Waals surface area contributed by atoms with Crippen molar-refractivity contribution in [3.05, 3.63) is 25.3 Å². The van der Waals surface area contributed by atoms with Gasteiger partial charge < -0.3 is 9.47 Å². The van der Waals surface area contributed by atoms with Crippen LogP contribution in [-0.2, 0) is 19.1 Å². The van der Waals surface area contributed by atoms with Gasteiger partial charge in [-0.15, -0.1) is 13.2 Å². The summed E-state index contributed by atoms with van der Waals surface area (Å²) in [5.74, 6) is -0.407. The summed E-state index contributed by atoms with van der Waals surface area (Å²) < 4.78 is 9.65. The Kier molecular flexibility index (Phi) is 1.95. The van der Waals surface area contributed by atoms with Crippen molar-refractivity contribution in [1.29, 1.82) is 0 Å². The molecule has 6 unspecified atom stereocenters. The van der Waals surface area contributed by atoms with Crippen molar-refractivity contribution in [1.82, 2.24) is 0 Å². The molecule has 4 heteroatoms. The van der Waals surface area contributed by atoms with Crippen molar-refractivity contribution in [3.8, 4) is 0 Å². The molecule has 3 aliphatic rings. The van der Waals surface area contributed by atoms with Crippen LogP contribution in [0.4, 0.5) is 0 Å². The number of hydrogen-bond acceptors (Lipinski definition) is 4. The molecule has 3 aliphatic carbocycles. The molecule has 0 bridgehead atoms. The summed E-state index contributed by atoms with van der Waals surface area (Å²) in [5, 5.41) is 0. The van der Waals surface area contributed by atoms with E-state index in [0.29, 0.717) is 0 Å². The van der Waals surface area contributed by atoms with Gasteiger partial charge in [0, 0.05) is 10.8 Å². The zero-order valence-electron chi connectivity index (χ0n) is 10.5. The number of hydrogen-bond donors (Lipinski definition) is 0. The normalized spacial score (nSPS) is 49.9. The summed E-state index contributed by atoms with van der Waals surface area (Å²) in [6, 6.07) is 0. The summed E-state index contributed by atoms with van der Waals surface area (Å²) in [6.07, 6.45) is 3.61. The van der Waals surface area contributed by atoms with Gasteiger partial charge in [-0.2, -0.15) is 0 Å². The molecular weight excluding hydrogens is 232 g/mol. The van der Waals surface area contributed by atoms with E-state index in [4.69, 9.17) is 9.47 Å². The lowest BCUT2D eigenvalue weighted by molar-refractivity contribution is -0.145. The molecule has 0 saturated heterocycles. The van der Waals surface area contributed by atoms with Crippen LogP contribution in [0.1, 0.15) is 0 Å². The molecule has 0 aromatic rings. The molecule has 3 fully saturated rings. The molecule has 3 saturated carbocycles. The molecule has 0 aliphatic heterocycles. The van der Waals surface area contributed by atoms with Crippen LogP contribution in [0.3, 0.4) is 0 Å². The molecule has 6 atom stereocenters. The number of allylic oxidation sites excluding steroid dienone is 2. The van der Waals surface area contributed by atoms with E-state index in [-0.39, 0.29) is 46.4 Å². The highest BCUT2D eigenvalue weighted by molar-refractivity contribution is 5.89. The minimum absolute atomic E-state index is 0.163. The third kappa shape index (κ3) is 0.788. The first-order valence-corrected chi connectivity index (χ1v) is 6.01. The molecule has 0 spiro atoms. The molecule has 0 radical (unpaired) electrons. The Morgan fingerprint density at radius 3 is 1.50 bits per heavy atom. The highest BCUT2D eigenvalue weighted by atomic mass is 16.5. The lowest BCUT2D eigenvalue weighted by Crippen LogP contribution is -2.29. The fourth-order valence-corrected chi connectivity index (χ4v) is 4.72. The van der Waals surface area contributed by atoms with Crippen molar-refractivity contribution >= 4 is 11.9 Å². The van der Waals surface area contributed by atoms with Gasteiger partial charge in [-0.05, 0) is 11.8 Å². The molecule has 96 valence electrons. The number of fused-ring (bicyclic) bond motifs is 4. The van der Waals surface area contributed by atoms with Crippen LogP contribution >= 0.6 is 0 Å². The number of ether oxygens (including phenoxy) is 2. The predicted molar refractivity (Wildman–Crippen MR) is 63.3 cm³/mol. The largest absolute Gasteiger partial charge is 0.469 e. The van der Waals surface area contributed by atoms with Gasteiger partial charge in [0.2, 0.25) is 0 Å². The van der Waals surface area contributed by atoms with E-state index in [0.717, 1.165) is 0 Å². The maximum atomic E-state index is 11.7. The van der Waals surface area contributed by atoms with E-state index in [1.807, 2.05) is 0 Å². The maximum absolute atomic E-state index is 11.7. The van der Waals surface area contributed by atoms with E-state index in [2.05, 4.69) is 13.2 Å². The summed E-state index contributed by atoms with van der Waals surface area (Å²) in [6.45, 7) is 7.69. The minimum atomic E-state index is -0.328. The maximum Gasteiger partial charge on any atom is 0.309 e. The molecular formula is C14H16O4. The SMILES string of the molecule is C=CC12C(C(=O)OC)C1C1C(C(=O)OC)C12C=C. The van der Waals surface area contributed by atoms with Gasteiger partial charge in [0.1, 0.15) is 0 Å². The second-order valence-corrected chi connectivity index (χ2v) is 5.33. The summed E-state index contributed by atoms with van der Waals surface area (Å²) in [5.41, 5.74) is -0.656. The Balaban J connectivity index is 1.93. The average molecular weight is 248 g/mol. The molecule has 4 nitrogen and oxygen atoms in total. The molecule has 0 heterocycles. The molecule has 0 amide bonds. The van der Waals surface area contributed by atoms with Gasteiger partial charge in [-0.3, -0.25) is 9.59 Å². The fourth-order valence-electron chi connectivity index (χ4n) is 4.72. The van der Waals surface area contributed by atoms with E-state index >= 15 is 0 Å². The third-order valence-corrected chi connectivity index (χ3v) is 5.36. The second kappa shape index (κ2) is 3.05. The molecule has 0 aromatic heterocycles. The van der Waals surface area contributed by atoms with Crippen LogP contribution in [-0.4, -0.2) is 26.2 Å². The Morgan fingerprint density at radius 1 is 0.944 bits per heavy atom. The van der Waals surface area contributed by atoms with Crippen molar-refractivity contribution in [2.45, 2.75) is 0 Å². The van der Waals surface area contributed by atoms with Gasteiger partial charge in [-0.1, -0.05) is 12.2 Å². The number of esters is 2. The monoisotopic (exact) mass is 248 g/mol. The molecule has 0 N–H and O–H groups in total. The Bertz CT molecular complexity index is 438. The van der Waals surface area contributed by atoms with Gasteiger partial charge in [-0.25, -0.2) is 0 Å². The summed E-state index contributed by atoms with van der Waals surface area (Å²) in [4.78, 5) is 23.5. The first-order chi connectivity index (χ1) is 8.58. The first-order valence-electron chi connectivity index (χ1n) is 6.01. The molecule has 0 aromatic carbocycles. The minimum Gasteiger partial charge on any atom is -0.469 e. The van der Waals surface area contributed by atoms with Crippen molar-refractivity contribution in [3.63, 3.8) is 0 Å². The fraction of sp³-hybridized carbons (Fsp3) is 0.571. The van der Waals surface area contributed by atoms with E-state index in [1.165, 1.54) is 14.2 Å². The van der Waals surface area contributed by atoms with E-state index in [9.17, 15) is 9.59 Å². The van der Waals surface area contributed by atoms with E-state index in [1.54, 1.807) is 12.2 Å². The quantitative estimate of drug-likeness (QED) is 0.554. The Hall–Kier alpha value is -1.58. The van der Waals surface area contributed by atoms with E-state index < -0.39 is 0 Å². The van der Waals surface area contributed by atoms with Gasteiger partial charge in [0.15, 0.2) is 0 Å². The van der Waals surface area contributed by atoms with Crippen LogP contribution in [0, 0.1) is 34.5 Å². The number of carbonyl (C=O) groups excluding carboxylic acids is 2. The van der Waals surface area contributed by atoms with Crippen molar-refractivity contribution in [2.24, 2.45) is 34.5 Å². The van der Waals surface area contributed by atoms with Crippen LogP contribution in [0.2, 0.25) is 0 Å². The van der Waals surface area contributed by atoms with Gasteiger partial charge in [0.05, 0.1) is 26.1 Å². The van der Waals surface area contributed by atoms with Crippen LogP contribution in [0.5, 0.6) is 0 Å². The Labute approximate surface area is 106 Å². The molecule has 18 heavy (non-hydrogen) atoms. The predicted octanol–water partition coefficient (Wildman–Crippen LogP) is 1.18. The van der Waals surface area contributed by atoms with Gasteiger partial charge in [0.25, 0.3) is 0 Å². The summed E-state index contributed by atoms with van der Waals surface area (Å²) >= 11 is 0. The highest BCUT2D eigenvalue weighted by Crippen LogP contribution is 2.98. The smallest absolute Gasteiger partial charge is 0.309 e. The third-order valence-electron chi connectivity index (χ3n) is 5.36. The highest BCUT2D eigenvalue weighted by Gasteiger charge is 3.00. The standard InChI is InChI=1S/C14H16O4/c1-5-13-7(9(13)11(15)17-3)8-10(12(16)18-4)14(8,13)6-2/h5-10H,1-2H2,3-4H3. The van der Waals surface area contributed by atoms with Crippen molar-refractivity contribution in [2.75, 3.05) is 14.2 Å². The van der Waals surface area contributed by atoms with Crippen molar-refractivity contribution < 1.29 is 19.1 Å². The summed E-state index contributed by atoms with van der Waals surface area (Å²) in [7, 11) is 2.78. The van der Waals surface area contributed by atoms with Crippen LogP contribution < -0.4 is 0 Å². The first kappa shape index (κ1) is 11.5. The van der Waals surface area contributed by atoms with Crippen LogP contribution in [0.15, 0.2) is 25.3 Å². The second-order valence-electron chi connectivity index (χ2n) is 5.33. The molecule has 3 rings (SSSR count). The number of rotatable bonds is 4. The number of methoxy groups -OCH3 is 2. The average Bonchev–Trinajstić information content (AvgIpc) is 3.20. The number of carbonyl (C=O) groups is 2. The Morgan fingerprint density at radius 2 is 1.28 bits per heavy atom.